The van der Waals surface area contributed by atoms with Crippen molar-refractivity contribution in [2.75, 3.05) is 0 Å². The van der Waals surface area contributed by atoms with E-state index in [1.54, 1.807) is 0 Å². The lowest BCUT2D eigenvalue weighted by Crippen LogP contribution is -2.25. The molecule has 0 amide bonds. The van der Waals surface area contributed by atoms with Crippen LogP contribution in [-0.2, 0) is 6.42 Å². The minimum absolute atomic E-state index is 0.0441. The zero-order valence-electron chi connectivity index (χ0n) is 8.90. The molecule has 0 bridgehead atoms. The number of nitrogens with two attached hydrogens (primary N) is 1. The van der Waals surface area contributed by atoms with Gasteiger partial charge in [0.1, 0.15) is 5.82 Å². The first-order valence-corrected chi connectivity index (χ1v) is 5.42. The third kappa shape index (κ3) is 4.91. The smallest absolute Gasteiger partial charge is 0.327 e. The summed E-state index contributed by atoms with van der Waals surface area (Å²) in [7, 11) is 0. The second-order valence-corrected chi connectivity index (χ2v) is 4.24. The summed E-state index contributed by atoms with van der Waals surface area (Å²) < 4.78 is 49.3. The number of hydrogen-bond acceptors (Lipinski definition) is 1. The van der Waals surface area contributed by atoms with E-state index in [0.29, 0.717) is 0 Å². The molecule has 0 heterocycles. The molecule has 6 heteroatoms. The van der Waals surface area contributed by atoms with Crippen LogP contribution in [0.5, 0.6) is 0 Å². The van der Waals surface area contributed by atoms with Crippen LogP contribution in [0.25, 0.3) is 0 Å². The van der Waals surface area contributed by atoms with Gasteiger partial charge in [-0.3, -0.25) is 0 Å². The molecule has 17 heavy (non-hydrogen) atoms. The van der Waals surface area contributed by atoms with Crippen LogP contribution in [0, 0.1) is 5.82 Å². The Hall–Kier alpha value is -0.810. The molecule has 1 aromatic carbocycles. The van der Waals surface area contributed by atoms with E-state index in [1.807, 2.05) is 0 Å². The predicted octanol–water partition coefficient (Wildman–Crippen LogP) is 3.69. The zero-order valence-corrected chi connectivity index (χ0v) is 9.65. The van der Waals surface area contributed by atoms with Crippen LogP contribution in [0.2, 0.25) is 5.02 Å². The van der Waals surface area contributed by atoms with Crippen LogP contribution >= 0.6 is 11.6 Å². The molecule has 1 unspecified atom stereocenters. The summed E-state index contributed by atoms with van der Waals surface area (Å²) in [6.45, 7) is 0. The quantitative estimate of drug-likeness (QED) is 0.829. The number of benzene rings is 1. The van der Waals surface area contributed by atoms with Gasteiger partial charge in [0.05, 0.1) is 5.02 Å². The minimum atomic E-state index is -4.23. The Labute approximate surface area is 102 Å². The monoisotopic (exact) mass is 269 g/mol. The second-order valence-electron chi connectivity index (χ2n) is 3.83. The Morgan fingerprint density at radius 1 is 1.29 bits per heavy atom. The van der Waals surface area contributed by atoms with Crippen molar-refractivity contribution in [3.8, 4) is 0 Å². The third-order valence-corrected chi connectivity index (χ3v) is 2.60. The highest BCUT2D eigenvalue weighted by molar-refractivity contribution is 6.30. The average Bonchev–Trinajstić information content (AvgIpc) is 2.21. The molecular formula is C11H12ClF4N. The molecule has 1 aromatic rings. The van der Waals surface area contributed by atoms with E-state index in [1.165, 1.54) is 18.2 Å². The van der Waals surface area contributed by atoms with E-state index >= 15 is 0 Å². The van der Waals surface area contributed by atoms with Crippen molar-refractivity contribution in [1.29, 1.82) is 0 Å². The highest BCUT2D eigenvalue weighted by Gasteiger charge is 2.27. The van der Waals surface area contributed by atoms with Gasteiger partial charge in [-0.05, 0) is 24.5 Å². The van der Waals surface area contributed by atoms with Crippen LogP contribution in [0.15, 0.2) is 18.2 Å². The lowest BCUT2D eigenvalue weighted by atomic mass is 10.0. The summed E-state index contributed by atoms with van der Waals surface area (Å²) in [5.41, 5.74) is 5.76. The Kier molecular flexibility index (Phi) is 4.77. The lowest BCUT2D eigenvalue weighted by molar-refractivity contribution is -0.136. The van der Waals surface area contributed by atoms with Crippen LogP contribution in [-0.4, -0.2) is 12.2 Å². The normalized spacial score (nSPS) is 13.8. The van der Waals surface area contributed by atoms with Crippen molar-refractivity contribution in [1.82, 2.24) is 0 Å². The van der Waals surface area contributed by atoms with Crippen LogP contribution in [0.1, 0.15) is 18.4 Å². The Morgan fingerprint density at radius 3 is 2.53 bits per heavy atom. The first-order chi connectivity index (χ1) is 7.79. The van der Waals surface area contributed by atoms with Gasteiger partial charge in [-0.1, -0.05) is 23.7 Å². The fourth-order valence-electron chi connectivity index (χ4n) is 1.44. The van der Waals surface area contributed by atoms with Gasteiger partial charge in [-0.25, -0.2) is 4.39 Å². The predicted molar refractivity (Wildman–Crippen MR) is 58.4 cm³/mol. The third-order valence-electron chi connectivity index (χ3n) is 2.31. The average molecular weight is 270 g/mol. The summed E-state index contributed by atoms with van der Waals surface area (Å²) >= 11 is 5.55. The van der Waals surface area contributed by atoms with Gasteiger partial charge >= 0.3 is 6.18 Å². The molecule has 0 aliphatic carbocycles. The van der Waals surface area contributed by atoms with E-state index in [0.717, 1.165) is 0 Å². The zero-order chi connectivity index (χ0) is 13.1. The summed E-state index contributed by atoms with van der Waals surface area (Å²) in [6, 6.07) is 3.65. The molecule has 2 N–H and O–H groups in total. The SMILES string of the molecule is NC(CCC(F)(F)F)Cc1cccc(Cl)c1F. The first kappa shape index (κ1) is 14.3. The molecule has 1 rings (SSSR count). The molecule has 0 spiro atoms. The van der Waals surface area contributed by atoms with E-state index in [9.17, 15) is 17.6 Å². The molecular weight excluding hydrogens is 258 g/mol. The van der Waals surface area contributed by atoms with Gasteiger partial charge < -0.3 is 5.73 Å². The van der Waals surface area contributed by atoms with Gasteiger partial charge in [0.2, 0.25) is 0 Å². The maximum absolute atomic E-state index is 13.4. The molecule has 1 nitrogen and oxygen atoms in total. The molecule has 0 radical (unpaired) electrons. The van der Waals surface area contributed by atoms with E-state index in [2.05, 4.69) is 0 Å². The summed E-state index contributed by atoms with van der Waals surface area (Å²) in [5, 5.41) is -0.0504. The lowest BCUT2D eigenvalue weighted by Gasteiger charge is -2.13. The van der Waals surface area contributed by atoms with Gasteiger partial charge in [0, 0.05) is 12.5 Å². The topological polar surface area (TPSA) is 26.0 Å². The maximum Gasteiger partial charge on any atom is 0.389 e. The summed E-state index contributed by atoms with van der Waals surface area (Å²) in [4.78, 5) is 0. The highest BCUT2D eigenvalue weighted by Crippen LogP contribution is 2.24. The van der Waals surface area contributed by atoms with Crippen LogP contribution < -0.4 is 5.73 Å². The van der Waals surface area contributed by atoms with Crippen LogP contribution in [0.4, 0.5) is 17.6 Å². The highest BCUT2D eigenvalue weighted by atomic mass is 35.5. The molecule has 96 valence electrons. The van der Waals surface area contributed by atoms with Crippen molar-refractivity contribution in [3.63, 3.8) is 0 Å². The molecule has 0 fully saturated rings. The number of hydrogen-bond donors (Lipinski definition) is 1. The molecule has 1 atom stereocenters. The van der Waals surface area contributed by atoms with E-state index < -0.39 is 24.5 Å². The van der Waals surface area contributed by atoms with Crippen LogP contribution in [0.3, 0.4) is 0 Å². The first-order valence-electron chi connectivity index (χ1n) is 5.05. The number of halogens is 5. The van der Waals surface area contributed by atoms with E-state index in [4.69, 9.17) is 17.3 Å². The molecule has 0 aliphatic rings. The molecule has 0 aromatic heterocycles. The van der Waals surface area contributed by atoms with Gasteiger partial charge in [-0.2, -0.15) is 13.2 Å². The molecule has 0 aliphatic heterocycles. The standard InChI is InChI=1S/C11H12ClF4N/c12-9-3-1-2-7(10(9)13)6-8(17)4-5-11(14,15)16/h1-3,8H,4-6,17H2. The van der Waals surface area contributed by atoms with Crippen molar-refractivity contribution in [3.05, 3.63) is 34.6 Å². The number of rotatable bonds is 4. The van der Waals surface area contributed by atoms with Crippen molar-refractivity contribution in [2.45, 2.75) is 31.5 Å². The Balaban J connectivity index is 2.56. The summed E-state index contributed by atoms with van der Waals surface area (Å²) in [5.74, 6) is -0.614. The molecule has 0 saturated carbocycles. The Morgan fingerprint density at radius 2 is 1.94 bits per heavy atom. The maximum atomic E-state index is 13.4. The summed E-state index contributed by atoms with van der Waals surface area (Å²) in [6.07, 6.45) is -5.38. The fourth-order valence-corrected chi connectivity index (χ4v) is 1.63. The van der Waals surface area contributed by atoms with Gasteiger partial charge in [-0.15, -0.1) is 0 Å². The fraction of sp³-hybridized carbons (Fsp3) is 0.455. The minimum Gasteiger partial charge on any atom is -0.327 e. The van der Waals surface area contributed by atoms with Crippen molar-refractivity contribution < 1.29 is 17.6 Å². The number of alkyl halides is 3. The van der Waals surface area contributed by atoms with Crippen molar-refractivity contribution in [2.24, 2.45) is 5.73 Å². The van der Waals surface area contributed by atoms with Gasteiger partial charge in [0.25, 0.3) is 0 Å². The second kappa shape index (κ2) is 5.69. The Bertz CT molecular complexity index is 378. The molecule has 0 saturated heterocycles. The largest absolute Gasteiger partial charge is 0.389 e. The van der Waals surface area contributed by atoms with E-state index in [-0.39, 0.29) is 23.4 Å². The van der Waals surface area contributed by atoms with Crippen molar-refractivity contribution >= 4 is 11.6 Å². The van der Waals surface area contributed by atoms with Gasteiger partial charge in [0.15, 0.2) is 0 Å².